The molecule has 2 saturated heterocycles. The minimum Gasteiger partial charge on any atom is -0.486 e. The molecule has 5 rings (SSSR count). The molecule has 0 unspecified atom stereocenters. The number of benzene rings is 2. The van der Waals surface area contributed by atoms with E-state index in [1.54, 1.807) is 6.07 Å². The number of carbonyl (C=O) groups excluding carboxylic acids is 1. The molecule has 2 aliphatic rings. The highest BCUT2D eigenvalue weighted by Crippen LogP contribution is 2.30. The maximum absolute atomic E-state index is 12.9. The van der Waals surface area contributed by atoms with E-state index >= 15 is 0 Å². The van der Waals surface area contributed by atoms with E-state index in [1.165, 1.54) is 5.39 Å². The van der Waals surface area contributed by atoms with Gasteiger partial charge in [-0.3, -0.25) is 4.79 Å². The van der Waals surface area contributed by atoms with Gasteiger partial charge in [0.15, 0.2) is 5.76 Å². The zero-order valence-electron chi connectivity index (χ0n) is 15.7. The van der Waals surface area contributed by atoms with Crippen molar-refractivity contribution in [2.24, 2.45) is 5.92 Å². The molecule has 2 atom stereocenters. The zero-order chi connectivity index (χ0) is 18.9. The second-order valence-corrected chi connectivity index (χ2v) is 7.57. The van der Waals surface area contributed by atoms with Gasteiger partial charge in [-0.05, 0) is 47.9 Å². The molecule has 2 aliphatic heterocycles. The first-order valence-corrected chi connectivity index (χ1v) is 9.87. The highest BCUT2D eigenvalue weighted by Gasteiger charge is 2.39. The Bertz CT molecular complexity index is 995. The summed E-state index contributed by atoms with van der Waals surface area (Å²) >= 11 is 0. The van der Waals surface area contributed by atoms with Gasteiger partial charge in [0.25, 0.3) is 5.91 Å². The summed E-state index contributed by atoms with van der Waals surface area (Å²) in [6.07, 6.45) is 2.16. The first kappa shape index (κ1) is 17.3. The van der Waals surface area contributed by atoms with Crippen molar-refractivity contribution < 1.29 is 18.7 Å². The van der Waals surface area contributed by atoms with Crippen LogP contribution in [0, 0.1) is 5.92 Å². The van der Waals surface area contributed by atoms with Crippen LogP contribution in [0.15, 0.2) is 59.0 Å². The predicted molar refractivity (Wildman–Crippen MR) is 105 cm³/mol. The summed E-state index contributed by atoms with van der Waals surface area (Å²) in [6, 6.07) is 17.9. The van der Waals surface area contributed by atoms with Gasteiger partial charge >= 0.3 is 0 Å². The second-order valence-electron chi connectivity index (χ2n) is 7.57. The number of likely N-dealkylation sites (tertiary alicyclic amines) is 1. The number of hydrogen-bond donors (Lipinski definition) is 0. The van der Waals surface area contributed by atoms with Crippen LogP contribution in [0.1, 0.15) is 29.2 Å². The molecule has 0 saturated carbocycles. The Balaban J connectivity index is 1.26. The SMILES string of the molecule is O=C(c1ccc(COc2ccc3ccccc3c2)o1)N1CCC[C@@H]2COC[C@@H]21. The van der Waals surface area contributed by atoms with Crippen molar-refractivity contribution in [3.05, 3.63) is 66.1 Å². The lowest BCUT2D eigenvalue weighted by Crippen LogP contribution is -2.48. The maximum atomic E-state index is 12.9. The lowest BCUT2D eigenvalue weighted by Gasteiger charge is -2.35. The molecule has 2 aromatic carbocycles. The molecule has 2 fully saturated rings. The fourth-order valence-electron chi connectivity index (χ4n) is 4.27. The third-order valence-corrected chi connectivity index (χ3v) is 5.77. The van der Waals surface area contributed by atoms with Gasteiger partial charge in [-0.1, -0.05) is 30.3 Å². The normalized spacial score (nSPS) is 21.6. The van der Waals surface area contributed by atoms with Crippen LogP contribution in [0.3, 0.4) is 0 Å². The van der Waals surface area contributed by atoms with Crippen LogP contribution in [0.4, 0.5) is 0 Å². The standard InChI is InChI=1S/C23H23NO4/c25-23(24-11-3-6-18-13-26-15-21(18)24)22-10-9-20(28-22)14-27-19-8-7-16-4-1-2-5-17(16)12-19/h1-2,4-5,7-10,12,18,21H,3,6,11,13-15H2/t18-,21+/m1/s1. The molecule has 1 aromatic heterocycles. The number of carbonyl (C=O) groups is 1. The predicted octanol–water partition coefficient (Wildman–Crippen LogP) is 4.26. The van der Waals surface area contributed by atoms with Crippen molar-refractivity contribution in [1.82, 2.24) is 4.90 Å². The van der Waals surface area contributed by atoms with Crippen LogP contribution in [0.5, 0.6) is 5.75 Å². The first-order chi connectivity index (χ1) is 13.8. The summed E-state index contributed by atoms with van der Waals surface area (Å²) in [5, 5.41) is 2.31. The van der Waals surface area contributed by atoms with E-state index < -0.39 is 0 Å². The van der Waals surface area contributed by atoms with E-state index in [4.69, 9.17) is 13.9 Å². The summed E-state index contributed by atoms with van der Waals surface area (Å²) in [4.78, 5) is 14.8. The van der Waals surface area contributed by atoms with Crippen molar-refractivity contribution in [1.29, 1.82) is 0 Å². The van der Waals surface area contributed by atoms with E-state index in [0.717, 1.165) is 37.1 Å². The molecule has 28 heavy (non-hydrogen) atoms. The van der Waals surface area contributed by atoms with Crippen LogP contribution < -0.4 is 4.74 Å². The monoisotopic (exact) mass is 377 g/mol. The lowest BCUT2D eigenvalue weighted by molar-refractivity contribution is 0.0524. The van der Waals surface area contributed by atoms with Gasteiger partial charge in [0.05, 0.1) is 19.3 Å². The summed E-state index contributed by atoms with van der Waals surface area (Å²) < 4.78 is 17.3. The second kappa shape index (κ2) is 7.32. The highest BCUT2D eigenvalue weighted by molar-refractivity contribution is 5.92. The third-order valence-electron chi connectivity index (χ3n) is 5.77. The van der Waals surface area contributed by atoms with Crippen molar-refractivity contribution in [3.63, 3.8) is 0 Å². The number of furan rings is 1. The van der Waals surface area contributed by atoms with Gasteiger partial charge in [-0.15, -0.1) is 0 Å². The Morgan fingerprint density at radius 3 is 2.89 bits per heavy atom. The minimum atomic E-state index is -0.0443. The van der Waals surface area contributed by atoms with Gasteiger partial charge in [-0.25, -0.2) is 0 Å². The number of piperidine rings is 1. The Kier molecular flexibility index (Phi) is 4.53. The van der Waals surface area contributed by atoms with Gasteiger partial charge in [0.1, 0.15) is 18.1 Å². The van der Waals surface area contributed by atoms with Crippen molar-refractivity contribution in [2.75, 3.05) is 19.8 Å². The third kappa shape index (κ3) is 3.27. The Morgan fingerprint density at radius 1 is 1.07 bits per heavy atom. The van der Waals surface area contributed by atoms with Gasteiger partial charge in [0.2, 0.25) is 0 Å². The molecule has 0 spiro atoms. The molecule has 144 valence electrons. The maximum Gasteiger partial charge on any atom is 0.289 e. The number of hydrogen-bond acceptors (Lipinski definition) is 4. The largest absolute Gasteiger partial charge is 0.486 e. The summed E-state index contributed by atoms with van der Waals surface area (Å²) in [6.45, 7) is 2.46. The molecular formula is C23H23NO4. The number of nitrogens with zero attached hydrogens (tertiary/aromatic N) is 1. The molecule has 5 nitrogen and oxygen atoms in total. The molecule has 3 heterocycles. The molecule has 0 aliphatic carbocycles. The van der Waals surface area contributed by atoms with E-state index in [2.05, 4.69) is 12.1 Å². The van der Waals surface area contributed by atoms with Crippen LogP contribution in [-0.2, 0) is 11.3 Å². The topological polar surface area (TPSA) is 51.9 Å². The van der Waals surface area contributed by atoms with E-state index in [0.29, 0.717) is 30.7 Å². The summed E-state index contributed by atoms with van der Waals surface area (Å²) in [7, 11) is 0. The summed E-state index contributed by atoms with van der Waals surface area (Å²) in [5.74, 6) is 2.22. The average Bonchev–Trinajstić information content (AvgIpc) is 3.41. The average molecular weight is 377 g/mol. The van der Waals surface area contributed by atoms with E-state index in [9.17, 15) is 4.79 Å². The van der Waals surface area contributed by atoms with E-state index in [1.807, 2.05) is 41.3 Å². The van der Waals surface area contributed by atoms with Gasteiger partial charge in [-0.2, -0.15) is 0 Å². The Labute approximate surface area is 163 Å². The number of amides is 1. The molecule has 5 heteroatoms. The Morgan fingerprint density at radius 2 is 1.96 bits per heavy atom. The molecular weight excluding hydrogens is 354 g/mol. The fourth-order valence-corrected chi connectivity index (χ4v) is 4.27. The van der Waals surface area contributed by atoms with Crippen LogP contribution in [0.2, 0.25) is 0 Å². The van der Waals surface area contributed by atoms with Crippen molar-refractivity contribution in [3.8, 4) is 5.75 Å². The molecule has 0 bridgehead atoms. The number of fused-ring (bicyclic) bond motifs is 2. The molecule has 3 aromatic rings. The van der Waals surface area contributed by atoms with Crippen LogP contribution in [-0.4, -0.2) is 36.6 Å². The zero-order valence-corrected chi connectivity index (χ0v) is 15.7. The first-order valence-electron chi connectivity index (χ1n) is 9.87. The quantitative estimate of drug-likeness (QED) is 0.682. The van der Waals surface area contributed by atoms with Crippen molar-refractivity contribution in [2.45, 2.75) is 25.5 Å². The smallest absolute Gasteiger partial charge is 0.289 e. The van der Waals surface area contributed by atoms with Crippen LogP contribution >= 0.6 is 0 Å². The summed E-state index contributed by atoms with van der Waals surface area (Å²) in [5.41, 5.74) is 0. The van der Waals surface area contributed by atoms with Crippen LogP contribution in [0.25, 0.3) is 10.8 Å². The number of rotatable bonds is 4. The molecule has 0 radical (unpaired) electrons. The highest BCUT2D eigenvalue weighted by atomic mass is 16.5. The molecule has 1 amide bonds. The fraction of sp³-hybridized carbons (Fsp3) is 0.348. The Hall–Kier alpha value is -2.79. The molecule has 0 N–H and O–H groups in total. The van der Waals surface area contributed by atoms with E-state index in [-0.39, 0.29) is 11.9 Å². The van der Waals surface area contributed by atoms with Crippen molar-refractivity contribution >= 4 is 16.7 Å². The minimum absolute atomic E-state index is 0.0443. The van der Waals surface area contributed by atoms with Gasteiger partial charge < -0.3 is 18.8 Å². The lowest BCUT2D eigenvalue weighted by atomic mass is 9.92. The van der Waals surface area contributed by atoms with Gasteiger partial charge in [0, 0.05) is 12.5 Å². The number of ether oxygens (including phenoxy) is 2.